The second-order valence-corrected chi connectivity index (χ2v) is 5.03. The zero-order valence-corrected chi connectivity index (χ0v) is 11.7. The molecule has 3 nitrogen and oxygen atoms in total. The van der Waals surface area contributed by atoms with Crippen LogP contribution in [0.25, 0.3) is 0 Å². The van der Waals surface area contributed by atoms with Crippen molar-refractivity contribution in [3.63, 3.8) is 0 Å². The van der Waals surface area contributed by atoms with Gasteiger partial charge in [-0.3, -0.25) is 4.79 Å². The SMILES string of the molecule is NC1CCCC1N(C(=O)C=CBr)c1ccccc1. The first-order valence-corrected chi connectivity index (χ1v) is 7.06. The van der Waals surface area contributed by atoms with Gasteiger partial charge in [0.2, 0.25) is 0 Å². The molecule has 1 aromatic rings. The van der Waals surface area contributed by atoms with E-state index in [0.29, 0.717) is 0 Å². The number of nitrogens with zero attached hydrogens (tertiary/aromatic N) is 1. The fourth-order valence-corrected chi connectivity index (χ4v) is 2.72. The number of nitrogens with two attached hydrogens (primary N) is 1. The topological polar surface area (TPSA) is 46.3 Å². The number of amides is 1. The number of carbonyl (C=O) groups excluding carboxylic acids is 1. The van der Waals surface area contributed by atoms with E-state index in [9.17, 15) is 4.79 Å². The third-order valence-electron chi connectivity index (χ3n) is 3.34. The van der Waals surface area contributed by atoms with Crippen molar-refractivity contribution < 1.29 is 4.79 Å². The van der Waals surface area contributed by atoms with Gasteiger partial charge >= 0.3 is 0 Å². The molecule has 2 unspecified atom stereocenters. The molecule has 0 bridgehead atoms. The summed E-state index contributed by atoms with van der Waals surface area (Å²) < 4.78 is 0. The van der Waals surface area contributed by atoms with Crippen LogP contribution < -0.4 is 10.6 Å². The Balaban J connectivity index is 2.31. The van der Waals surface area contributed by atoms with Crippen molar-refractivity contribution >= 4 is 27.5 Å². The Labute approximate surface area is 116 Å². The van der Waals surface area contributed by atoms with Gasteiger partial charge in [0.05, 0.1) is 6.04 Å². The van der Waals surface area contributed by atoms with Gasteiger partial charge < -0.3 is 10.6 Å². The number of benzene rings is 1. The van der Waals surface area contributed by atoms with Crippen molar-refractivity contribution in [3.8, 4) is 0 Å². The van der Waals surface area contributed by atoms with E-state index in [1.807, 2.05) is 35.2 Å². The number of rotatable bonds is 3. The minimum Gasteiger partial charge on any atom is -0.326 e. The predicted molar refractivity (Wildman–Crippen MR) is 77.6 cm³/mol. The molecule has 1 amide bonds. The Hall–Kier alpha value is -1.13. The highest BCUT2D eigenvalue weighted by molar-refractivity contribution is 9.11. The zero-order valence-electron chi connectivity index (χ0n) is 10.1. The van der Waals surface area contributed by atoms with Crippen LogP contribution in [-0.4, -0.2) is 18.0 Å². The van der Waals surface area contributed by atoms with Gasteiger partial charge in [-0.05, 0) is 36.4 Å². The summed E-state index contributed by atoms with van der Waals surface area (Å²) in [5.41, 5.74) is 7.03. The van der Waals surface area contributed by atoms with Crippen molar-refractivity contribution in [1.29, 1.82) is 0 Å². The Kier molecular flexibility index (Phi) is 4.55. The first-order valence-electron chi connectivity index (χ1n) is 6.14. The average Bonchev–Trinajstić information content (AvgIpc) is 2.78. The van der Waals surface area contributed by atoms with Crippen LogP contribution in [0.2, 0.25) is 0 Å². The van der Waals surface area contributed by atoms with E-state index in [-0.39, 0.29) is 18.0 Å². The van der Waals surface area contributed by atoms with E-state index < -0.39 is 0 Å². The summed E-state index contributed by atoms with van der Waals surface area (Å²) in [5, 5.41) is 0. The first kappa shape index (κ1) is 13.3. The van der Waals surface area contributed by atoms with Crippen molar-refractivity contribution in [1.82, 2.24) is 0 Å². The molecule has 1 aliphatic carbocycles. The van der Waals surface area contributed by atoms with Crippen molar-refractivity contribution in [2.75, 3.05) is 4.90 Å². The molecule has 0 saturated heterocycles. The van der Waals surface area contributed by atoms with Crippen molar-refractivity contribution in [2.45, 2.75) is 31.3 Å². The minimum absolute atomic E-state index is 0.0274. The van der Waals surface area contributed by atoms with Crippen molar-refractivity contribution in [3.05, 3.63) is 41.4 Å². The van der Waals surface area contributed by atoms with Gasteiger partial charge in [0.15, 0.2) is 0 Å². The molecule has 96 valence electrons. The number of para-hydroxylation sites is 1. The van der Waals surface area contributed by atoms with Gasteiger partial charge in [-0.15, -0.1) is 0 Å². The normalized spacial score (nSPS) is 23.4. The van der Waals surface area contributed by atoms with Crippen LogP contribution in [0.1, 0.15) is 19.3 Å². The monoisotopic (exact) mass is 308 g/mol. The van der Waals surface area contributed by atoms with E-state index in [0.717, 1.165) is 24.9 Å². The molecule has 4 heteroatoms. The fraction of sp³-hybridized carbons (Fsp3) is 0.357. The second-order valence-electron chi connectivity index (χ2n) is 4.50. The highest BCUT2D eigenvalue weighted by Crippen LogP contribution is 2.28. The second kappa shape index (κ2) is 6.16. The number of halogens is 1. The highest BCUT2D eigenvalue weighted by Gasteiger charge is 2.32. The lowest BCUT2D eigenvalue weighted by Gasteiger charge is -2.31. The summed E-state index contributed by atoms with van der Waals surface area (Å²) in [5.74, 6) is -0.0274. The molecule has 2 N–H and O–H groups in total. The number of hydrogen-bond acceptors (Lipinski definition) is 2. The van der Waals surface area contributed by atoms with E-state index in [4.69, 9.17) is 5.73 Å². The molecule has 1 aliphatic rings. The van der Waals surface area contributed by atoms with Gasteiger partial charge in [0.25, 0.3) is 5.91 Å². The largest absolute Gasteiger partial charge is 0.326 e. The Bertz CT molecular complexity index is 433. The predicted octanol–water partition coefficient (Wildman–Crippen LogP) is 2.81. The summed E-state index contributed by atoms with van der Waals surface area (Å²) in [6.45, 7) is 0. The van der Waals surface area contributed by atoms with Gasteiger partial charge in [-0.2, -0.15) is 0 Å². The molecule has 18 heavy (non-hydrogen) atoms. The Morgan fingerprint density at radius 1 is 1.33 bits per heavy atom. The Morgan fingerprint density at radius 3 is 2.61 bits per heavy atom. The maximum absolute atomic E-state index is 12.2. The maximum Gasteiger partial charge on any atom is 0.251 e. The van der Waals surface area contributed by atoms with E-state index in [1.54, 1.807) is 4.99 Å². The lowest BCUT2D eigenvalue weighted by molar-refractivity contribution is -0.114. The molecule has 0 heterocycles. The highest BCUT2D eigenvalue weighted by atomic mass is 79.9. The smallest absolute Gasteiger partial charge is 0.251 e. The quantitative estimate of drug-likeness (QED) is 0.873. The third kappa shape index (κ3) is 2.82. The molecule has 1 saturated carbocycles. The van der Waals surface area contributed by atoms with Gasteiger partial charge in [-0.25, -0.2) is 0 Å². The number of anilines is 1. The number of carbonyl (C=O) groups is 1. The zero-order chi connectivity index (χ0) is 13.0. The van der Waals surface area contributed by atoms with E-state index >= 15 is 0 Å². The number of hydrogen-bond donors (Lipinski definition) is 1. The summed E-state index contributed by atoms with van der Waals surface area (Å²) in [4.78, 5) is 15.6. The molecule has 1 fully saturated rings. The molecule has 0 aliphatic heterocycles. The lowest BCUT2D eigenvalue weighted by atomic mass is 10.1. The fourth-order valence-electron chi connectivity index (χ4n) is 2.49. The van der Waals surface area contributed by atoms with Crippen LogP contribution >= 0.6 is 15.9 Å². The summed E-state index contributed by atoms with van der Waals surface area (Å²) in [6.07, 6.45) is 4.57. The lowest BCUT2D eigenvalue weighted by Crippen LogP contribution is -2.47. The Morgan fingerprint density at radius 2 is 2.06 bits per heavy atom. The van der Waals surface area contributed by atoms with Crippen LogP contribution in [0.4, 0.5) is 5.69 Å². The van der Waals surface area contributed by atoms with E-state index in [1.165, 1.54) is 6.08 Å². The molecule has 2 atom stereocenters. The van der Waals surface area contributed by atoms with Crippen LogP contribution in [0.5, 0.6) is 0 Å². The first-order chi connectivity index (χ1) is 8.74. The summed E-state index contributed by atoms with van der Waals surface area (Å²) >= 11 is 3.16. The molecule has 0 aromatic heterocycles. The van der Waals surface area contributed by atoms with Crippen LogP contribution in [-0.2, 0) is 4.79 Å². The standard InChI is InChI=1S/C14H17BrN2O/c15-10-9-14(18)17(11-5-2-1-3-6-11)13-8-4-7-12(13)16/h1-3,5-6,9-10,12-13H,4,7-8,16H2. The molecule has 2 rings (SSSR count). The van der Waals surface area contributed by atoms with E-state index in [2.05, 4.69) is 15.9 Å². The summed E-state index contributed by atoms with van der Waals surface area (Å²) in [6, 6.07) is 9.89. The molecular formula is C14H17BrN2O. The maximum atomic E-state index is 12.2. The van der Waals surface area contributed by atoms with Crippen LogP contribution in [0, 0.1) is 0 Å². The van der Waals surface area contributed by atoms with Crippen molar-refractivity contribution in [2.24, 2.45) is 5.73 Å². The average molecular weight is 309 g/mol. The van der Waals surface area contributed by atoms with Crippen LogP contribution in [0.3, 0.4) is 0 Å². The minimum atomic E-state index is -0.0274. The van der Waals surface area contributed by atoms with Gasteiger partial charge in [0, 0.05) is 17.8 Å². The van der Waals surface area contributed by atoms with Gasteiger partial charge in [-0.1, -0.05) is 34.1 Å². The summed E-state index contributed by atoms with van der Waals surface area (Å²) in [7, 11) is 0. The molecule has 1 aromatic carbocycles. The van der Waals surface area contributed by atoms with Gasteiger partial charge in [0.1, 0.15) is 0 Å². The molecular weight excluding hydrogens is 292 g/mol. The molecule has 0 radical (unpaired) electrons. The third-order valence-corrected chi connectivity index (χ3v) is 3.60. The molecule has 0 spiro atoms. The van der Waals surface area contributed by atoms with Crippen LogP contribution in [0.15, 0.2) is 41.4 Å².